The van der Waals surface area contributed by atoms with E-state index in [-0.39, 0.29) is 24.5 Å². The first-order valence-electron chi connectivity index (χ1n) is 13.2. The van der Waals surface area contributed by atoms with Crippen LogP contribution in [0, 0.1) is 0 Å². The van der Waals surface area contributed by atoms with Crippen LogP contribution in [0.15, 0.2) is 76.1 Å². The molecule has 0 atom stereocenters. The smallest absolute Gasteiger partial charge is 0.337 e. The van der Waals surface area contributed by atoms with E-state index in [4.69, 9.17) is 29.0 Å². The Morgan fingerprint density at radius 3 is 2.64 bits per heavy atom. The number of benzene rings is 3. The highest BCUT2D eigenvalue weighted by molar-refractivity contribution is 7.07. The van der Waals surface area contributed by atoms with E-state index in [9.17, 15) is 9.59 Å². The van der Waals surface area contributed by atoms with Gasteiger partial charge in [-0.3, -0.25) is 9.79 Å². The van der Waals surface area contributed by atoms with Crippen molar-refractivity contribution in [2.24, 2.45) is 10.1 Å². The SMILES string of the molecule is COC(=O)c1ccc(COc2ccc(C=Nn3c(-c4ccc5c(c4)NC(=O)CO5)csc3=NC(C)C)cc2OC)cc1. The van der Waals surface area contributed by atoms with Gasteiger partial charge in [0, 0.05) is 17.0 Å². The molecular weight excluding hydrogens is 556 g/mol. The number of amides is 1. The molecule has 2 heterocycles. The Kier molecular flexibility index (Phi) is 8.68. The lowest BCUT2D eigenvalue weighted by Crippen LogP contribution is -2.25. The van der Waals surface area contributed by atoms with E-state index in [0.29, 0.717) is 35.1 Å². The molecule has 4 aromatic rings. The Bertz CT molecular complexity index is 1710. The number of fused-ring (bicyclic) bond motifs is 1. The van der Waals surface area contributed by atoms with Crippen molar-refractivity contribution in [3.63, 3.8) is 0 Å². The van der Waals surface area contributed by atoms with E-state index in [1.165, 1.54) is 18.4 Å². The van der Waals surface area contributed by atoms with Crippen molar-refractivity contribution in [1.82, 2.24) is 4.68 Å². The van der Waals surface area contributed by atoms with E-state index in [0.717, 1.165) is 27.2 Å². The zero-order valence-electron chi connectivity index (χ0n) is 23.6. The van der Waals surface area contributed by atoms with Gasteiger partial charge >= 0.3 is 5.97 Å². The number of esters is 1. The van der Waals surface area contributed by atoms with Gasteiger partial charge in [-0.05, 0) is 73.5 Å². The predicted octanol–water partition coefficient (Wildman–Crippen LogP) is 5.11. The van der Waals surface area contributed by atoms with Crippen LogP contribution in [0.2, 0.25) is 0 Å². The lowest BCUT2D eigenvalue weighted by molar-refractivity contribution is -0.118. The number of ether oxygens (including phenoxy) is 4. The Morgan fingerprint density at radius 1 is 1.10 bits per heavy atom. The summed E-state index contributed by atoms with van der Waals surface area (Å²) < 4.78 is 23.6. The van der Waals surface area contributed by atoms with Gasteiger partial charge in [0.1, 0.15) is 12.4 Å². The molecular formula is C31H30N4O6S. The summed E-state index contributed by atoms with van der Waals surface area (Å²) in [6.07, 6.45) is 1.73. The van der Waals surface area contributed by atoms with Crippen LogP contribution in [0.5, 0.6) is 17.2 Å². The van der Waals surface area contributed by atoms with E-state index < -0.39 is 0 Å². The maximum atomic E-state index is 11.8. The second kappa shape index (κ2) is 12.7. The molecule has 10 nitrogen and oxygen atoms in total. The molecule has 1 aliphatic rings. The third kappa shape index (κ3) is 6.52. The molecule has 0 saturated heterocycles. The number of methoxy groups -OCH3 is 2. The largest absolute Gasteiger partial charge is 0.493 e. The summed E-state index contributed by atoms with van der Waals surface area (Å²) >= 11 is 1.48. The first-order chi connectivity index (χ1) is 20.3. The third-order valence-electron chi connectivity index (χ3n) is 6.24. The van der Waals surface area contributed by atoms with Crippen LogP contribution in [0.25, 0.3) is 11.3 Å². The van der Waals surface area contributed by atoms with Crippen molar-refractivity contribution >= 4 is 35.1 Å². The van der Waals surface area contributed by atoms with Gasteiger partial charge in [-0.15, -0.1) is 11.3 Å². The second-order valence-electron chi connectivity index (χ2n) is 9.62. The first-order valence-corrected chi connectivity index (χ1v) is 14.1. The molecule has 0 unspecified atom stereocenters. The quantitative estimate of drug-likeness (QED) is 0.215. The normalized spacial score (nSPS) is 13.1. The molecule has 3 aromatic carbocycles. The van der Waals surface area contributed by atoms with E-state index in [1.54, 1.807) is 30.1 Å². The topological polar surface area (TPSA) is 113 Å². The molecule has 5 rings (SSSR count). The molecule has 1 amide bonds. The maximum absolute atomic E-state index is 11.8. The van der Waals surface area contributed by atoms with Crippen LogP contribution in [0.1, 0.15) is 35.3 Å². The highest BCUT2D eigenvalue weighted by atomic mass is 32.1. The highest BCUT2D eigenvalue weighted by Crippen LogP contribution is 2.33. The molecule has 216 valence electrons. The van der Waals surface area contributed by atoms with Gasteiger partial charge in [0.2, 0.25) is 4.80 Å². The van der Waals surface area contributed by atoms with Gasteiger partial charge in [0.25, 0.3) is 5.91 Å². The number of thiazole rings is 1. The number of carbonyl (C=O) groups is 2. The lowest BCUT2D eigenvalue weighted by atomic mass is 10.1. The van der Waals surface area contributed by atoms with E-state index >= 15 is 0 Å². The van der Waals surface area contributed by atoms with Crippen molar-refractivity contribution in [1.29, 1.82) is 0 Å². The number of aromatic nitrogens is 1. The maximum Gasteiger partial charge on any atom is 0.337 e. The summed E-state index contributed by atoms with van der Waals surface area (Å²) in [7, 11) is 2.93. The third-order valence-corrected chi connectivity index (χ3v) is 7.07. The number of rotatable bonds is 9. The van der Waals surface area contributed by atoms with Crippen LogP contribution in [0.4, 0.5) is 5.69 Å². The zero-order chi connectivity index (χ0) is 29.6. The van der Waals surface area contributed by atoms with Gasteiger partial charge in [0.15, 0.2) is 18.1 Å². The number of nitrogens with zero attached hydrogens (tertiary/aromatic N) is 3. The molecule has 0 fully saturated rings. The van der Waals surface area contributed by atoms with Crippen LogP contribution in [0.3, 0.4) is 0 Å². The number of anilines is 1. The minimum absolute atomic E-state index is 0.00391. The van der Waals surface area contributed by atoms with Gasteiger partial charge in [-0.25, -0.2) is 9.47 Å². The predicted molar refractivity (Wildman–Crippen MR) is 161 cm³/mol. The molecule has 0 spiro atoms. The minimum atomic E-state index is -0.384. The fourth-order valence-corrected chi connectivity index (χ4v) is 5.16. The van der Waals surface area contributed by atoms with Crippen LogP contribution >= 0.6 is 11.3 Å². The van der Waals surface area contributed by atoms with Gasteiger partial charge < -0.3 is 24.3 Å². The van der Waals surface area contributed by atoms with Gasteiger partial charge in [-0.1, -0.05) is 12.1 Å². The lowest BCUT2D eigenvalue weighted by Gasteiger charge is -2.18. The van der Waals surface area contributed by atoms with E-state index in [2.05, 4.69) is 5.32 Å². The summed E-state index contributed by atoms with van der Waals surface area (Å²) in [4.78, 5) is 29.0. The molecule has 1 aromatic heterocycles. The van der Waals surface area contributed by atoms with Crippen molar-refractivity contribution in [2.45, 2.75) is 26.5 Å². The summed E-state index contributed by atoms with van der Waals surface area (Å²) in [6, 6.07) is 18.3. The summed E-state index contributed by atoms with van der Waals surface area (Å²) in [6.45, 7) is 4.32. The molecule has 0 aliphatic carbocycles. The summed E-state index contributed by atoms with van der Waals surface area (Å²) in [5.41, 5.74) is 4.47. The number of nitrogens with one attached hydrogen (secondary N) is 1. The summed E-state index contributed by atoms with van der Waals surface area (Å²) in [5.74, 6) is 1.18. The molecule has 1 aliphatic heterocycles. The summed E-state index contributed by atoms with van der Waals surface area (Å²) in [5, 5.41) is 9.62. The highest BCUT2D eigenvalue weighted by Gasteiger charge is 2.18. The fourth-order valence-electron chi connectivity index (χ4n) is 4.19. The van der Waals surface area contributed by atoms with Crippen LogP contribution in [-0.2, 0) is 16.1 Å². The molecule has 0 bridgehead atoms. The molecule has 0 saturated carbocycles. The zero-order valence-corrected chi connectivity index (χ0v) is 24.4. The fraction of sp³-hybridized carbons (Fsp3) is 0.226. The Hall–Kier alpha value is -4.90. The van der Waals surface area contributed by atoms with Crippen molar-refractivity contribution in [3.05, 3.63) is 87.5 Å². The average molecular weight is 587 g/mol. The second-order valence-corrected chi connectivity index (χ2v) is 10.5. The molecule has 42 heavy (non-hydrogen) atoms. The molecule has 0 radical (unpaired) electrons. The first kappa shape index (κ1) is 28.6. The number of hydrogen-bond acceptors (Lipinski definition) is 9. The Morgan fingerprint density at radius 2 is 1.90 bits per heavy atom. The number of carbonyl (C=O) groups excluding carboxylic acids is 2. The van der Waals surface area contributed by atoms with Gasteiger partial charge in [0.05, 0.1) is 37.4 Å². The Labute approximate surface area is 246 Å². The molecule has 1 N–H and O–H groups in total. The standard InChI is InChI=1S/C31H30N4O6S/c1-19(2)33-31-35(25(18-42-31)23-10-12-26-24(14-23)34-29(36)17-41-26)32-15-21-7-11-27(28(13-21)38-3)40-16-20-5-8-22(9-6-20)30(37)39-4/h5-15,18-19H,16-17H2,1-4H3,(H,34,36). The Balaban J connectivity index is 1.39. The minimum Gasteiger partial charge on any atom is -0.493 e. The van der Waals surface area contributed by atoms with Crippen molar-refractivity contribution < 1.29 is 28.5 Å². The average Bonchev–Trinajstić information content (AvgIpc) is 3.39. The van der Waals surface area contributed by atoms with Crippen LogP contribution < -0.4 is 24.3 Å². The van der Waals surface area contributed by atoms with Gasteiger partial charge in [-0.2, -0.15) is 5.10 Å². The van der Waals surface area contributed by atoms with Crippen LogP contribution in [-0.4, -0.2) is 49.6 Å². The number of hydrogen-bond donors (Lipinski definition) is 1. The molecule has 11 heteroatoms. The van der Waals surface area contributed by atoms with Crippen molar-refractivity contribution in [2.75, 3.05) is 26.1 Å². The van der Waals surface area contributed by atoms with E-state index in [1.807, 2.05) is 67.8 Å². The monoisotopic (exact) mass is 586 g/mol. The van der Waals surface area contributed by atoms with Crippen molar-refractivity contribution in [3.8, 4) is 28.5 Å².